The minimum absolute atomic E-state index is 0.253. The average molecular weight is 427 g/mol. The number of rotatable bonds is 5. The summed E-state index contributed by atoms with van der Waals surface area (Å²) in [6.07, 6.45) is 12.0. The molecule has 31 heavy (non-hydrogen) atoms. The monoisotopic (exact) mass is 426 g/mol. The predicted molar refractivity (Wildman–Crippen MR) is 119 cm³/mol. The third kappa shape index (κ3) is 4.26. The van der Waals surface area contributed by atoms with Crippen LogP contribution in [-0.2, 0) is 9.63 Å². The highest BCUT2D eigenvalue weighted by molar-refractivity contribution is 6.02. The maximum absolute atomic E-state index is 12.8. The van der Waals surface area contributed by atoms with Crippen LogP contribution in [0.15, 0.2) is 23.4 Å². The summed E-state index contributed by atoms with van der Waals surface area (Å²) in [5.41, 5.74) is 1.73. The van der Waals surface area contributed by atoms with Gasteiger partial charge in [0.1, 0.15) is 5.60 Å². The smallest absolute Gasteiger partial charge is 0.225 e. The third-order valence-electron chi connectivity index (χ3n) is 7.62. The van der Waals surface area contributed by atoms with Crippen LogP contribution in [0.4, 0.5) is 0 Å². The summed E-state index contributed by atoms with van der Waals surface area (Å²) in [5, 5.41) is 4.48. The van der Waals surface area contributed by atoms with E-state index in [9.17, 15) is 4.79 Å². The van der Waals surface area contributed by atoms with E-state index in [1.165, 1.54) is 25.7 Å². The Labute approximate surface area is 184 Å². The quantitative estimate of drug-likeness (QED) is 0.685. The summed E-state index contributed by atoms with van der Waals surface area (Å²) in [6.45, 7) is 1.55. The molecule has 2 saturated carbocycles. The van der Waals surface area contributed by atoms with Crippen molar-refractivity contribution in [2.24, 2.45) is 11.1 Å². The van der Waals surface area contributed by atoms with Crippen LogP contribution >= 0.6 is 0 Å². The lowest BCUT2D eigenvalue weighted by Gasteiger charge is -2.38. The van der Waals surface area contributed by atoms with E-state index in [4.69, 9.17) is 14.3 Å². The third-order valence-corrected chi connectivity index (χ3v) is 7.62. The van der Waals surface area contributed by atoms with Gasteiger partial charge in [-0.05, 0) is 56.7 Å². The normalized spacial score (nSPS) is 23.8. The number of methoxy groups -OCH3 is 1. The second-order valence-corrected chi connectivity index (χ2v) is 9.69. The zero-order valence-corrected chi connectivity index (χ0v) is 18.6. The van der Waals surface area contributed by atoms with Gasteiger partial charge in [-0.3, -0.25) is 4.79 Å². The number of hydrogen-bond acceptors (Lipinski definition) is 5. The first-order valence-electron chi connectivity index (χ1n) is 12.0. The van der Waals surface area contributed by atoms with Crippen molar-refractivity contribution >= 4 is 11.6 Å². The van der Waals surface area contributed by atoms with Crippen molar-refractivity contribution in [1.82, 2.24) is 4.90 Å². The van der Waals surface area contributed by atoms with E-state index in [0.717, 1.165) is 80.8 Å². The molecule has 6 heteroatoms. The number of ether oxygens (including phenoxy) is 2. The number of hydrogen-bond donors (Lipinski definition) is 0. The molecule has 0 bridgehead atoms. The van der Waals surface area contributed by atoms with Crippen LogP contribution in [0.3, 0.4) is 0 Å². The minimum Gasteiger partial charge on any atom is -0.493 e. The van der Waals surface area contributed by atoms with E-state index < -0.39 is 0 Å². The molecule has 1 aromatic rings. The lowest BCUT2D eigenvalue weighted by molar-refractivity contribution is -0.141. The zero-order chi connectivity index (χ0) is 21.3. The van der Waals surface area contributed by atoms with Gasteiger partial charge in [0, 0.05) is 43.8 Å². The van der Waals surface area contributed by atoms with Crippen molar-refractivity contribution in [1.29, 1.82) is 0 Å². The van der Waals surface area contributed by atoms with Crippen LogP contribution in [-0.4, -0.2) is 48.4 Å². The lowest BCUT2D eigenvalue weighted by Crippen LogP contribution is -2.48. The Morgan fingerprint density at radius 2 is 1.77 bits per heavy atom. The van der Waals surface area contributed by atoms with E-state index in [2.05, 4.69) is 16.1 Å². The van der Waals surface area contributed by atoms with Gasteiger partial charge in [-0.25, -0.2) is 0 Å². The summed E-state index contributed by atoms with van der Waals surface area (Å²) < 4.78 is 11.8. The number of nitrogens with zero attached hydrogens (tertiary/aromatic N) is 2. The number of carbonyl (C=O) groups excluding carboxylic acids is 1. The standard InChI is InChI=1S/C25H34N2O4/c1-29-22-11-10-19(16-23(22)30-20-8-4-5-9-20)21-17-25(31-26-21)12-14-27(15-13-25)24(28)18-6-2-3-7-18/h10-11,16,18,20H,2-9,12-15,17H2,1H3. The van der Waals surface area contributed by atoms with Crippen molar-refractivity contribution in [3.05, 3.63) is 23.8 Å². The molecular formula is C25H34N2O4. The second-order valence-electron chi connectivity index (χ2n) is 9.69. The maximum Gasteiger partial charge on any atom is 0.225 e. The fraction of sp³-hybridized carbons (Fsp3) is 0.680. The summed E-state index contributed by atoms with van der Waals surface area (Å²) >= 11 is 0. The molecule has 2 aliphatic carbocycles. The number of piperidine rings is 1. The first kappa shape index (κ1) is 20.7. The molecule has 0 unspecified atom stereocenters. The fourth-order valence-corrected chi connectivity index (χ4v) is 5.64. The average Bonchev–Trinajstić information content (AvgIpc) is 3.57. The van der Waals surface area contributed by atoms with E-state index >= 15 is 0 Å². The molecule has 0 radical (unpaired) electrons. The molecule has 1 spiro atoms. The highest BCUT2D eigenvalue weighted by Crippen LogP contribution is 2.39. The van der Waals surface area contributed by atoms with Gasteiger partial charge in [0.25, 0.3) is 0 Å². The molecule has 6 nitrogen and oxygen atoms in total. The number of likely N-dealkylation sites (tertiary alicyclic amines) is 1. The number of benzene rings is 1. The Balaban J connectivity index is 1.22. The van der Waals surface area contributed by atoms with Crippen LogP contribution in [0.5, 0.6) is 11.5 Å². The van der Waals surface area contributed by atoms with Gasteiger partial charge >= 0.3 is 0 Å². The molecule has 1 amide bonds. The topological polar surface area (TPSA) is 60.4 Å². The van der Waals surface area contributed by atoms with Crippen LogP contribution < -0.4 is 9.47 Å². The van der Waals surface area contributed by atoms with Crippen LogP contribution in [0.1, 0.15) is 76.2 Å². The largest absolute Gasteiger partial charge is 0.493 e. The Morgan fingerprint density at radius 1 is 1.06 bits per heavy atom. The molecule has 3 fully saturated rings. The number of carbonyl (C=O) groups is 1. The number of amides is 1. The molecule has 1 saturated heterocycles. The summed E-state index contributed by atoms with van der Waals surface area (Å²) in [7, 11) is 1.68. The Bertz CT molecular complexity index is 832. The second kappa shape index (κ2) is 8.71. The van der Waals surface area contributed by atoms with Crippen LogP contribution in [0.25, 0.3) is 0 Å². The van der Waals surface area contributed by atoms with Crippen molar-refractivity contribution in [3.63, 3.8) is 0 Å². The Hall–Kier alpha value is -2.24. The molecular weight excluding hydrogens is 392 g/mol. The van der Waals surface area contributed by atoms with Gasteiger partial charge in [-0.1, -0.05) is 18.0 Å². The fourth-order valence-electron chi connectivity index (χ4n) is 5.64. The molecule has 2 heterocycles. The van der Waals surface area contributed by atoms with Gasteiger partial charge in [0.05, 0.1) is 18.9 Å². The van der Waals surface area contributed by atoms with Gasteiger partial charge in [-0.15, -0.1) is 0 Å². The highest BCUT2D eigenvalue weighted by Gasteiger charge is 2.44. The van der Waals surface area contributed by atoms with Crippen LogP contribution in [0.2, 0.25) is 0 Å². The lowest BCUT2D eigenvalue weighted by atomic mass is 9.85. The van der Waals surface area contributed by atoms with Crippen molar-refractivity contribution in [2.45, 2.75) is 82.3 Å². The van der Waals surface area contributed by atoms with E-state index in [1.54, 1.807) is 7.11 Å². The Kier molecular flexibility index (Phi) is 5.81. The molecule has 168 valence electrons. The van der Waals surface area contributed by atoms with Crippen LogP contribution in [0, 0.1) is 5.92 Å². The van der Waals surface area contributed by atoms with Crippen molar-refractivity contribution in [3.8, 4) is 11.5 Å². The molecule has 0 N–H and O–H groups in total. The predicted octanol–water partition coefficient (Wildman–Crippen LogP) is 4.69. The van der Waals surface area contributed by atoms with Gasteiger partial charge in [-0.2, -0.15) is 0 Å². The molecule has 4 aliphatic rings. The van der Waals surface area contributed by atoms with E-state index in [0.29, 0.717) is 5.91 Å². The molecule has 0 aromatic heterocycles. The first-order chi connectivity index (χ1) is 15.2. The van der Waals surface area contributed by atoms with Gasteiger partial charge in [0.15, 0.2) is 11.5 Å². The molecule has 0 atom stereocenters. The number of oxime groups is 1. The highest BCUT2D eigenvalue weighted by atomic mass is 16.7. The zero-order valence-electron chi connectivity index (χ0n) is 18.6. The summed E-state index contributed by atoms with van der Waals surface area (Å²) in [5.74, 6) is 2.18. The molecule has 2 aliphatic heterocycles. The Morgan fingerprint density at radius 3 is 2.48 bits per heavy atom. The van der Waals surface area contributed by atoms with Crippen molar-refractivity contribution in [2.75, 3.05) is 20.2 Å². The summed E-state index contributed by atoms with van der Waals surface area (Å²) in [4.78, 5) is 20.8. The SMILES string of the molecule is COc1ccc(C2=NOC3(CCN(C(=O)C4CCCC4)CC3)C2)cc1OC1CCCC1. The molecule has 5 rings (SSSR count). The summed E-state index contributed by atoms with van der Waals surface area (Å²) in [6, 6.07) is 6.06. The van der Waals surface area contributed by atoms with Crippen molar-refractivity contribution < 1.29 is 19.1 Å². The van der Waals surface area contributed by atoms with E-state index in [-0.39, 0.29) is 17.6 Å². The van der Waals surface area contributed by atoms with E-state index in [1.807, 2.05) is 12.1 Å². The van der Waals surface area contributed by atoms with Gasteiger partial charge < -0.3 is 19.2 Å². The maximum atomic E-state index is 12.8. The van der Waals surface area contributed by atoms with Gasteiger partial charge in [0.2, 0.25) is 5.91 Å². The molecule has 1 aromatic carbocycles. The minimum atomic E-state index is -0.270. The first-order valence-corrected chi connectivity index (χ1v) is 12.0.